The first kappa shape index (κ1) is 117. The molecule has 2 unspecified atom stereocenters. The van der Waals surface area contributed by atoms with Gasteiger partial charge in [-0.1, -0.05) is 148 Å². The van der Waals surface area contributed by atoms with Crippen molar-refractivity contribution in [3.8, 4) is 0 Å². The summed E-state index contributed by atoms with van der Waals surface area (Å²) in [7, 11) is -4.75. The number of nitrogens with zero attached hydrogens (tertiary/aromatic N) is 4. The Labute approximate surface area is 745 Å². The molecule has 9 amide bonds. The molecule has 0 bridgehead atoms. The molecule has 0 aliphatic rings. The number of nitrogens with one attached hydrogen (secondary N) is 5. The highest BCUT2D eigenvalue weighted by Gasteiger charge is 2.29. The SMILES string of the molecule is CCCCCCCC/C=C\CCCCCCCC(=O)OCC(COP(=O)(O)OCCCC(=O)CCCCC(=O)NCC(=O)CCC(=O)N(CC(=O)O)CC(=O)NCC(=O)CCC(=O)N(CC(=O)O)CC(=O)CCCNC(=O)CN(CC(=O)O)C(=O)CNC(=O)CCC(=O)CN(CC(=O)O)C(=O)CNC(=O)CC)OC(=O)CCCCCCC/C=C\CCCCCCCC. The van der Waals surface area contributed by atoms with Crippen molar-refractivity contribution in [3.05, 3.63) is 24.3 Å². The third-order valence-electron chi connectivity index (χ3n) is 19.5. The molecule has 0 heterocycles. The smallest absolute Gasteiger partial charge is 0.472 e. The van der Waals surface area contributed by atoms with Crippen LogP contribution in [0, 0.1) is 0 Å². The Kier molecular flexibility index (Phi) is 69.1. The molecule has 0 spiro atoms. The van der Waals surface area contributed by atoms with Crippen LogP contribution in [0.4, 0.5) is 0 Å². The number of hydrogen-bond acceptors (Lipinski definition) is 25. The van der Waals surface area contributed by atoms with Gasteiger partial charge in [0.15, 0.2) is 29.2 Å². The van der Waals surface area contributed by atoms with Gasteiger partial charge < -0.3 is 81.0 Å². The highest BCUT2D eigenvalue weighted by atomic mass is 31.2. The predicted molar refractivity (Wildman–Crippen MR) is 463 cm³/mol. The Hall–Kier alpha value is -10.0. The van der Waals surface area contributed by atoms with Crippen LogP contribution in [0.3, 0.4) is 0 Å². The second-order valence-corrected chi connectivity index (χ2v) is 32.5. The molecular weight excluding hydrogens is 1680 g/mol. The van der Waals surface area contributed by atoms with Gasteiger partial charge in [-0.05, 0) is 89.9 Å². The molecule has 720 valence electrons. The number of amides is 9. The van der Waals surface area contributed by atoms with Crippen molar-refractivity contribution in [3.63, 3.8) is 0 Å². The first-order chi connectivity index (χ1) is 60.6. The standard InChI is InChI=1S/C87H142N9O30P/c1-4-7-9-11-13-15-17-19-21-23-25-27-29-31-33-43-86(119)123-65-72(126-87(120)44-34-32-30-28-26-24-22-20-18-16-14-12-10-8-5-2)66-125-127(121,122)124-52-38-41-67(97)39-35-36-42-74(103)89-53-68(98)47-50-79(108)95(63-84(115)116)60-77(106)90-54-69(99)46-49-78(107)93(61-82(111)112)57-70(100)40-37-51-88-76(105)59-96(64-85(117)118)81(110)56-92-75(104)48-45-71(101)58-94(62-83(113)114)80(109)55-91-73(102)6-3/h19-22,72H,4-18,23-66H2,1-3H3,(H,88,105)(H,89,103)(H,90,106)(H,91,102)(H,92,104)(H,111,112)(H,113,114)(H,115,116)(H,117,118)(H,121,122)/b21-19-,22-20-. The molecule has 0 aromatic carbocycles. The Morgan fingerprint density at radius 1 is 0.307 bits per heavy atom. The van der Waals surface area contributed by atoms with E-state index in [0.29, 0.717) is 32.4 Å². The molecule has 0 fully saturated rings. The third-order valence-corrected chi connectivity index (χ3v) is 20.5. The first-order valence-electron chi connectivity index (χ1n) is 44.8. The van der Waals surface area contributed by atoms with Crippen molar-refractivity contribution in [1.82, 2.24) is 46.2 Å². The molecule has 39 nitrogen and oxygen atoms in total. The molecule has 10 N–H and O–H groups in total. The van der Waals surface area contributed by atoms with Gasteiger partial charge in [-0.15, -0.1) is 0 Å². The van der Waals surface area contributed by atoms with Gasteiger partial charge in [0, 0.05) is 90.0 Å². The number of allylic oxidation sites excluding steroid dienone is 4. The van der Waals surface area contributed by atoms with Gasteiger partial charge in [-0.3, -0.25) is 105 Å². The van der Waals surface area contributed by atoms with Crippen molar-refractivity contribution in [2.45, 2.75) is 303 Å². The summed E-state index contributed by atoms with van der Waals surface area (Å²) in [4.78, 5) is 262. The molecule has 0 aromatic heterocycles. The average molecular weight is 1830 g/mol. The van der Waals surface area contributed by atoms with Crippen LogP contribution in [0.25, 0.3) is 0 Å². The number of carbonyl (C=O) groups is 20. The van der Waals surface area contributed by atoms with Crippen LogP contribution in [0.1, 0.15) is 297 Å². The van der Waals surface area contributed by atoms with Crippen LogP contribution < -0.4 is 26.6 Å². The zero-order valence-corrected chi connectivity index (χ0v) is 75.7. The number of rotatable bonds is 84. The number of aliphatic carboxylic acids is 4. The number of Topliss-reactive ketones (excluding diaryl/α,β-unsaturated/α-hetero) is 5. The third kappa shape index (κ3) is 70.7. The second kappa shape index (κ2) is 75.0. The van der Waals surface area contributed by atoms with Gasteiger partial charge in [0.25, 0.3) is 0 Å². The topological polar surface area (TPSA) is 570 Å². The van der Waals surface area contributed by atoms with E-state index in [1.54, 1.807) is 0 Å². The second-order valence-electron chi connectivity index (χ2n) is 31.1. The Bertz CT molecular complexity index is 3540. The largest absolute Gasteiger partial charge is 0.480 e. The Morgan fingerprint density at radius 2 is 0.661 bits per heavy atom. The fourth-order valence-electron chi connectivity index (χ4n) is 12.3. The number of phosphoric ester groups is 1. The summed E-state index contributed by atoms with van der Waals surface area (Å²) in [6.07, 6.45) is 33.1. The zero-order valence-electron chi connectivity index (χ0n) is 74.8. The lowest BCUT2D eigenvalue weighted by Crippen LogP contribution is -2.47. The van der Waals surface area contributed by atoms with E-state index >= 15 is 0 Å². The van der Waals surface area contributed by atoms with Crippen molar-refractivity contribution >= 4 is 126 Å². The van der Waals surface area contributed by atoms with Crippen LogP contribution in [-0.2, 0) is 119 Å². The molecule has 0 radical (unpaired) electrons. The molecule has 0 aromatic rings. The van der Waals surface area contributed by atoms with E-state index in [9.17, 15) is 121 Å². The van der Waals surface area contributed by atoms with Crippen LogP contribution in [-0.4, -0.2) is 274 Å². The van der Waals surface area contributed by atoms with Crippen LogP contribution in [0.2, 0.25) is 0 Å². The van der Waals surface area contributed by atoms with Crippen molar-refractivity contribution in [2.75, 3.05) is 105 Å². The summed E-state index contributed by atoms with van der Waals surface area (Å²) < 4.78 is 34.2. The van der Waals surface area contributed by atoms with Crippen molar-refractivity contribution in [2.24, 2.45) is 0 Å². The van der Waals surface area contributed by atoms with E-state index in [2.05, 4.69) is 64.7 Å². The molecule has 127 heavy (non-hydrogen) atoms. The van der Waals surface area contributed by atoms with E-state index in [-0.39, 0.29) is 89.6 Å². The van der Waals surface area contributed by atoms with Gasteiger partial charge in [0.1, 0.15) is 51.7 Å². The lowest BCUT2D eigenvalue weighted by Gasteiger charge is -2.21. The van der Waals surface area contributed by atoms with Gasteiger partial charge in [-0.25, -0.2) is 4.57 Å². The van der Waals surface area contributed by atoms with Crippen LogP contribution in [0.5, 0.6) is 0 Å². The van der Waals surface area contributed by atoms with Crippen LogP contribution in [0.15, 0.2) is 24.3 Å². The summed E-state index contributed by atoms with van der Waals surface area (Å²) in [5, 5.41) is 48.7. The monoisotopic (exact) mass is 1820 g/mol. The summed E-state index contributed by atoms with van der Waals surface area (Å²) in [5.74, 6) is -18.0. The van der Waals surface area contributed by atoms with Gasteiger partial charge in [-0.2, -0.15) is 0 Å². The summed E-state index contributed by atoms with van der Waals surface area (Å²) >= 11 is 0. The summed E-state index contributed by atoms with van der Waals surface area (Å²) in [5.41, 5.74) is 0. The number of esters is 2. The number of phosphoric acid groups is 1. The van der Waals surface area contributed by atoms with E-state index in [1.807, 2.05) is 0 Å². The molecular formula is C87H142N9O30P. The molecule has 0 aliphatic carbocycles. The highest BCUT2D eigenvalue weighted by Crippen LogP contribution is 2.43. The molecule has 40 heteroatoms. The van der Waals surface area contributed by atoms with E-state index in [0.717, 1.165) is 77.0 Å². The fourth-order valence-corrected chi connectivity index (χ4v) is 13.1. The van der Waals surface area contributed by atoms with Crippen molar-refractivity contribution in [1.29, 1.82) is 0 Å². The minimum absolute atomic E-state index is 0.0280. The van der Waals surface area contributed by atoms with Crippen LogP contribution >= 0.6 is 7.82 Å². The Morgan fingerprint density at radius 3 is 1.13 bits per heavy atom. The molecule has 0 aliphatic heterocycles. The lowest BCUT2D eigenvalue weighted by atomic mass is 10.1. The zero-order chi connectivity index (χ0) is 94.8. The fraction of sp³-hybridized carbons (Fsp3) is 0.724. The van der Waals surface area contributed by atoms with E-state index in [4.69, 9.17) is 23.6 Å². The number of carboxylic acid groups (broad SMARTS) is 4. The molecule has 0 saturated heterocycles. The minimum atomic E-state index is -4.75. The van der Waals surface area contributed by atoms with E-state index in [1.165, 1.54) is 84.0 Å². The normalized spacial score (nSPS) is 11.8. The number of carbonyl (C=O) groups excluding carboxylic acids is 16. The summed E-state index contributed by atoms with van der Waals surface area (Å²) in [6, 6.07) is 0. The highest BCUT2D eigenvalue weighted by molar-refractivity contribution is 7.47. The molecule has 0 rings (SSSR count). The van der Waals surface area contributed by atoms with Gasteiger partial charge in [0.05, 0.1) is 52.5 Å². The number of hydrogen-bond donors (Lipinski definition) is 10. The quantitative estimate of drug-likeness (QED) is 0.0121. The van der Waals surface area contributed by atoms with Gasteiger partial charge >= 0.3 is 43.6 Å². The Balaban J connectivity index is 5.01. The molecule has 2 atom stereocenters. The number of ketones is 5. The summed E-state index contributed by atoms with van der Waals surface area (Å²) in [6.45, 7) is -5.47. The lowest BCUT2D eigenvalue weighted by molar-refractivity contribution is -0.161. The van der Waals surface area contributed by atoms with Crippen molar-refractivity contribution < 1.29 is 144 Å². The minimum Gasteiger partial charge on any atom is -0.480 e. The first-order valence-corrected chi connectivity index (χ1v) is 46.2. The average Bonchev–Trinajstić information content (AvgIpc) is 0.918. The number of carboxylic acids is 4. The van der Waals surface area contributed by atoms with E-state index < -0.39 is 256 Å². The maximum Gasteiger partial charge on any atom is 0.472 e. The maximum absolute atomic E-state index is 13.1. The molecule has 0 saturated carbocycles. The number of ether oxygens (including phenoxy) is 2. The number of unbranched alkanes of at least 4 members (excludes halogenated alkanes) is 23. The van der Waals surface area contributed by atoms with Gasteiger partial charge in [0.2, 0.25) is 53.2 Å². The predicted octanol–water partition coefficient (Wildman–Crippen LogP) is 7.60. The maximum atomic E-state index is 13.1.